The molecule has 27 heavy (non-hydrogen) atoms. The van der Waals surface area contributed by atoms with Crippen LogP contribution in [0.25, 0.3) is 11.7 Å². The number of carbonyl (C=O) groups is 2. The normalized spacial score (nSPS) is 11.1. The van der Waals surface area contributed by atoms with Crippen molar-refractivity contribution in [1.29, 1.82) is 0 Å². The predicted molar refractivity (Wildman–Crippen MR) is 105 cm³/mol. The Hall–Kier alpha value is -3.12. The van der Waals surface area contributed by atoms with Crippen LogP contribution < -0.4 is 5.32 Å². The molecule has 0 unspecified atom stereocenters. The number of halogens is 1. The van der Waals surface area contributed by atoms with E-state index in [1.165, 1.54) is 12.2 Å². The number of amides is 1. The van der Waals surface area contributed by atoms with Gasteiger partial charge in [0.05, 0.1) is 5.69 Å². The van der Waals surface area contributed by atoms with Crippen molar-refractivity contribution in [1.82, 2.24) is 9.38 Å². The maximum atomic E-state index is 12.0. The summed E-state index contributed by atoms with van der Waals surface area (Å²) in [6.07, 6.45) is 4.51. The third kappa shape index (κ3) is 4.74. The molecule has 0 aliphatic heterocycles. The van der Waals surface area contributed by atoms with Gasteiger partial charge in [0, 0.05) is 18.0 Å². The van der Waals surface area contributed by atoms with Gasteiger partial charge >= 0.3 is 5.97 Å². The molecule has 7 heteroatoms. The van der Waals surface area contributed by atoms with E-state index in [2.05, 4.69) is 10.3 Å². The summed E-state index contributed by atoms with van der Waals surface area (Å²) in [6.45, 7) is 3.51. The van der Waals surface area contributed by atoms with E-state index >= 15 is 0 Å². The predicted octanol–water partition coefficient (Wildman–Crippen LogP) is 3.80. The lowest BCUT2D eigenvalue weighted by molar-refractivity contribution is -0.142. The zero-order valence-electron chi connectivity index (χ0n) is 14.9. The van der Waals surface area contributed by atoms with Crippen LogP contribution in [0.15, 0.2) is 48.7 Å². The minimum atomic E-state index is -0.646. The average Bonchev–Trinajstić information content (AvgIpc) is 2.92. The number of anilines is 1. The average molecular weight is 384 g/mol. The number of aromatic nitrogens is 2. The van der Waals surface area contributed by atoms with Gasteiger partial charge in [-0.15, -0.1) is 0 Å². The summed E-state index contributed by atoms with van der Waals surface area (Å²) >= 11 is 6.09. The molecule has 3 rings (SSSR count). The highest BCUT2D eigenvalue weighted by Gasteiger charge is 2.09. The molecule has 2 aromatic heterocycles. The Bertz CT molecular complexity index is 1020. The van der Waals surface area contributed by atoms with Crippen molar-refractivity contribution >= 4 is 40.9 Å². The van der Waals surface area contributed by atoms with E-state index in [0.717, 1.165) is 11.1 Å². The number of imidazole rings is 1. The summed E-state index contributed by atoms with van der Waals surface area (Å²) < 4.78 is 6.73. The highest BCUT2D eigenvalue weighted by atomic mass is 35.5. The van der Waals surface area contributed by atoms with E-state index in [9.17, 15) is 9.59 Å². The minimum absolute atomic E-state index is 0.276. The summed E-state index contributed by atoms with van der Waals surface area (Å²) in [5.41, 5.74) is 3.97. The van der Waals surface area contributed by atoms with Crippen LogP contribution in [0, 0.1) is 13.8 Å². The van der Waals surface area contributed by atoms with Crippen molar-refractivity contribution in [3.8, 4) is 0 Å². The molecule has 0 spiro atoms. The quantitative estimate of drug-likeness (QED) is 0.537. The minimum Gasteiger partial charge on any atom is -0.452 e. The lowest BCUT2D eigenvalue weighted by Gasteiger charge is -2.07. The van der Waals surface area contributed by atoms with Crippen LogP contribution in [-0.4, -0.2) is 27.9 Å². The first-order chi connectivity index (χ1) is 12.9. The molecule has 1 aromatic carbocycles. The van der Waals surface area contributed by atoms with Gasteiger partial charge in [0.2, 0.25) is 0 Å². The fourth-order valence-corrected chi connectivity index (χ4v) is 2.95. The number of aryl methyl sites for hydroxylation is 2. The summed E-state index contributed by atoms with van der Waals surface area (Å²) in [5.74, 6) is -1.05. The van der Waals surface area contributed by atoms with Gasteiger partial charge in [0.1, 0.15) is 5.65 Å². The van der Waals surface area contributed by atoms with Gasteiger partial charge in [0.25, 0.3) is 5.91 Å². The van der Waals surface area contributed by atoms with Crippen molar-refractivity contribution in [2.24, 2.45) is 0 Å². The van der Waals surface area contributed by atoms with Crippen molar-refractivity contribution in [3.63, 3.8) is 0 Å². The fraction of sp³-hybridized carbons (Fsp3) is 0.150. The van der Waals surface area contributed by atoms with E-state index in [0.29, 0.717) is 17.0 Å². The van der Waals surface area contributed by atoms with Crippen LogP contribution in [0.5, 0.6) is 0 Å². The van der Waals surface area contributed by atoms with Crippen LogP contribution in [0.4, 0.5) is 5.69 Å². The van der Waals surface area contributed by atoms with Crippen molar-refractivity contribution in [2.75, 3.05) is 11.9 Å². The van der Waals surface area contributed by atoms with Gasteiger partial charge < -0.3 is 10.1 Å². The summed E-state index contributed by atoms with van der Waals surface area (Å²) in [5, 5.41) is 2.98. The van der Waals surface area contributed by atoms with E-state index < -0.39 is 11.9 Å². The van der Waals surface area contributed by atoms with Gasteiger partial charge in [-0.3, -0.25) is 9.20 Å². The lowest BCUT2D eigenvalue weighted by Crippen LogP contribution is -2.20. The zero-order chi connectivity index (χ0) is 19.4. The molecule has 0 saturated heterocycles. The molecule has 2 heterocycles. The number of hydrogen-bond acceptors (Lipinski definition) is 4. The topological polar surface area (TPSA) is 72.7 Å². The van der Waals surface area contributed by atoms with Crippen LogP contribution in [0.3, 0.4) is 0 Å². The molecule has 0 radical (unpaired) electrons. The number of fused-ring (bicyclic) bond motifs is 1. The number of rotatable bonds is 5. The molecule has 138 valence electrons. The number of ether oxygens (including phenoxy) is 1. The summed E-state index contributed by atoms with van der Waals surface area (Å²) in [6, 6.07) is 11.2. The molecule has 0 aliphatic carbocycles. The van der Waals surface area contributed by atoms with E-state index in [1.54, 1.807) is 16.7 Å². The monoisotopic (exact) mass is 383 g/mol. The van der Waals surface area contributed by atoms with Gasteiger partial charge in [0.15, 0.2) is 11.8 Å². The molecule has 0 bridgehead atoms. The number of nitrogens with one attached hydrogen (secondary N) is 1. The van der Waals surface area contributed by atoms with Gasteiger partial charge in [-0.05, 0) is 55.3 Å². The largest absolute Gasteiger partial charge is 0.452 e. The standard InChI is InChI=1S/C20H18ClN3O3/c1-13-9-14(2)11-15(10-13)22-18(25)12-27-19(26)7-6-16-20(21)23-17-5-3-4-8-24(16)17/h3-11H,12H2,1-2H3,(H,22,25)/b7-6+. The Labute approximate surface area is 161 Å². The molecule has 6 nitrogen and oxygen atoms in total. The highest BCUT2D eigenvalue weighted by molar-refractivity contribution is 6.31. The second-order valence-electron chi connectivity index (χ2n) is 6.08. The van der Waals surface area contributed by atoms with Gasteiger partial charge in [-0.2, -0.15) is 0 Å². The zero-order valence-corrected chi connectivity index (χ0v) is 15.7. The number of carbonyl (C=O) groups excluding carboxylic acids is 2. The Kier molecular flexibility index (Phi) is 5.57. The second kappa shape index (κ2) is 8.05. The third-order valence-corrected chi connectivity index (χ3v) is 4.03. The molecule has 1 N–H and O–H groups in total. The smallest absolute Gasteiger partial charge is 0.331 e. The molecule has 0 aliphatic rings. The molecule has 1 amide bonds. The fourth-order valence-electron chi connectivity index (χ4n) is 2.71. The molecule has 0 saturated carbocycles. The number of pyridine rings is 1. The van der Waals surface area contributed by atoms with E-state index in [-0.39, 0.29) is 11.8 Å². The van der Waals surface area contributed by atoms with Crippen molar-refractivity contribution < 1.29 is 14.3 Å². The Morgan fingerprint density at radius 3 is 2.70 bits per heavy atom. The first-order valence-electron chi connectivity index (χ1n) is 8.28. The number of nitrogens with zero attached hydrogens (tertiary/aromatic N) is 2. The maximum Gasteiger partial charge on any atom is 0.331 e. The number of hydrogen-bond donors (Lipinski definition) is 1. The van der Waals surface area contributed by atoms with Crippen molar-refractivity contribution in [3.05, 3.63) is 70.6 Å². The van der Waals surface area contributed by atoms with Crippen molar-refractivity contribution in [2.45, 2.75) is 13.8 Å². The van der Waals surface area contributed by atoms with Gasteiger partial charge in [-0.25, -0.2) is 9.78 Å². The Morgan fingerprint density at radius 1 is 1.22 bits per heavy atom. The van der Waals surface area contributed by atoms with Crippen LogP contribution >= 0.6 is 11.6 Å². The van der Waals surface area contributed by atoms with E-state index in [4.69, 9.17) is 16.3 Å². The number of esters is 1. The first-order valence-corrected chi connectivity index (χ1v) is 8.66. The second-order valence-corrected chi connectivity index (χ2v) is 6.44. The molecular weight excluding hydrogens is 366 g/mol. The maximum absolute atomic E-state index is 12.0. The number of benzene rings is 1. The SMILES string of the molecule is Cc1cc(C)cc(NC(=O)COC(=O)/C=C/c2c(Cl)nc3ccccn23)c1. The molecule has 0 fully saturated rings. The summed E-state index contributed by atoms with van der Waals surface area (Å²) in [4.78, 5) is 28.0. The molecule has 3 aromatic rings. The van der Waals surface area contributed by atoms with Gasteiger partial charge in [-0.1, -0.05) is 23.7 Å². The lowest BCUT2D eigenvalue weighted by atomic mass is 10.1. The molecular formula is C20H18ClN3O3. The third-order valence-electron chi connectivity index (χ3n) is 3.75. The first kappa shape index (κ1) is 18.7. The Morgan fingerprint density at radius 2 is 1.96 bits per heavy atom. The summed E-state index contributed by atoms with van der Waals surface area (Å²) in [7, 11) is 0. The van der Waals surface area contributed by atoms with Crippen LogP contribution in [-0.2, 0) is 14.3 Å². The highest BCUT2D eigenvalue weighted by Crippen LogP contribution is 2.19. The van der Waals surface area contributed by atoms with Crippen LogP contribution in [0.1, 0.15) is 16.8 Å². The Balaban J connectivity index is 1.58. The van der Waals surface area contributed by atoms with Crippen LogP contribution in [0.2, 0.25) is 5.15 Å². The van der Waals surface area contributed by atoms with E-state index in [1.807, 2.05) is 44.2 Å². The molecule has 0 atom stereocenters.